The van der Waals surface area contributed by atoms with Crippen LogP contribution in [0.3, 0.4) is 0 Å². The Kier molecular flexibility index (Phi) is 25.4. The van der Waals surface area contributed by atoms with Crippen molar-refractivity contribution in [3.05, 3.63) is 65.2 Å². The molecule has 2 aromatic rings. The van der Waals surface area contributed by atoms with E-state index in [0.29, 0.717) is 54.6 Å². The summed E-state index contributed by atoms with van der Waals surface area (Å²) >= 11 is 0. The van der Waals surface area contributed by atoms with Crippen molar-refractivity contribution in [1.29, 1.82) is 0 Å². The molecule has 65 heavy (non-hydrogen) atoms. The van der Waals surface area contributed by atoms with Gasteiger partial charge in [-0.15, -0.1) is 0 Å². The van der Waals surface area contributed by atoms with Gasteiger partial charge in [0.25, 0.3) is 5.91 Å². The second-order valence-corrected chi connectivity index (χ2v) is 19.4. The van der Waals surface area contributed by atoms with E-state index in [1.165, 1.54) is 0 Å². The molecule has 364 valence electrons. The third kappa shape index (κ3) is 24.5. The topological polar surface area (TPSA) is 224 Å². The Bertz CT molecular complexity index is 1810. The van der Waals surface area contributed by atoms with E-state index in [2.05, 4.69) is 54.3 Å². The summed E-state index contributed by atoms with van der Waals surface area (Å²) < 4.78 is 11.4. The average molecular weight is 909 g/mol. The van der Waals surface area contributed by atoms with Gasteiger partial charge in [0.1, 0.15) is 12.6 Å². The molecular weight excluding hydrogens is 829 g/mol. The van der Waals surface area contributed by atoms with Gasteiger partial charge in [-0.3, -0.25) is 28.8 Å². The van der Waals surface area contributed by atoms with E-state index in [-0.39, 0.29) is 60.9 Å². The summed E-state index contributed by atoms with van der Waals surface area (Å²) in [7, 11) is 0. The average Bonchev–Trinajstić information content (AvgIpc) is 3.21. The number of rotatable bonds is 26. The zero-order chi connectivity index (χ0) is 49.5. The molecule has 0 saturated carbocycles. The van der Waals surface area contributed by atoms with Crippen molar-refractivity contribution in [2.75, 3.05) is 25.0 Å². The van der Waals surface area contributed by atoms with Crippen LogP contribution >= 0.6 is 0 Å². The van der Waals surface area contributed by atoms with Crippen LogP contribution in [0, 0.1) is 29.6 Å². The van der Waals surface area contributed by atoms with Crippen molar-refractivity contribution >= 4 is 47.1 Å². The zero-order valence-electron chi connectivity index (χ0n) is 41.4. The molecule has 6 amide bonds. The first-order valence-corrected chi connectivity index (χ1v) is 23.0. The van der Waals surface area contributed by atoms with Gasteiger partial charge in [0, 0.05) is 47.8 Å². The van der Waals surface area contributed by atoms with E-state index in [1.54, 1.807) is 62.4 Å². The smallest absolute Gasteiger partial charge is 0.312 e. The molecule has 0 aliphatic carbocycles. The molecule has 0 aliphatic heterocycles. The van der Waals surface area contributed by atoms with Crippen molar-refractivity contribution in [1.82, 2.24) is 21.3 Å². The van der Waals surface area contributed by atoms with Gasteiger partial charge in [0.05, 0.1) is 18.1 Å². The highest BCUT2D eigenvalue weighted by Crippen LogP contribution is 2.25. The predicted molar refractivity (Wildman–Crippen MR) is 256 cm³/mol. The molecule has 0 aromatic heterocycles. The summed E-state index contributed by atoms with van der Waals surface area (Å²) in [5, 5.41) is 13.6. The fourth-order valence-electron chi connectivity index (χ4n) is 6.50. The van der Waals surface area contributed by atoms with Crippen LogP contribution in [-0.4, -0.2) is 78.3 Å². The number of carbonyl (C=O) groups excluding carboxylic acids is 7. The number of anilines is 1. The van der Waals surface area contributed by atoms with Crippen molar-refractivity contribution in [3.8, 4) is 0 Å². The number of primary amides is 1. The second-order valence-electron chi connectivity index (χ2n) is 19.4. The van der Waals surface area contributed by atoms with Gasteiger partial charge in [-0.05, 0) is 107 Å². The molecule has 1 atom stereocenters. The number of amides is 6. The van der Waals surface area contributed by atoms with Crippen LogP contribution in [0.15, 0.2) is 48.5 Å². The lowest BCUT2D eigenvalue weighted by molar-refractivity contribution is -0.148. The third-order valence-corrected chi connectivity index (χ3v) is 10.3. The Labute approximate surface area is 388 Å². The summed E-state index contributed by atoms with van der Waals surface area (Å²) in [5.74, 6) is -1.28. The maximum absolute atomic E-state index is 13.3. The summed E-state index contributed by atoms with van der Waals surface area (Å²) in [4.78, 5) is 86.5. The van der Waals surface area contributed by atoms with Crippen LogP contribution in [0.25, 0.3) is 0 Å². The van der Waals surface area contributed by atoms with E-state index in [9.17, 15) is 33.6 Å². The van der Waals surface area contributed by atoms with Crippen LogP contribution in [-0.2, 0) is 35.3 Å². The van der Waals surface area contributed by atoms with Gasteiger partial charge in [-0.25, -0.2) is 4.79 Å². The largest absolute Gasteiger partial charge is 0.461 e. The fourth-order valence-corrected chi connectivity index (χ4v) is 6.50. The first-order chi connectivity index (χ1) is 30.2. The third-order valence-electron chi connectivity index (χ3n) is 10.3. The van der Waals surface area contributed by atoms with Crippen LogP contribution in [0.2, 0.25) is 0 Å². The molecule has 0 aliphatic rings. The van der Waals surface area contributed by atoms with Crippen molar-refractivity contribution < 1.29 is 43.0 Å². The number of hydrogen-bond acceptors (Lipinski definition) is 9. The Morgan fingerprint density at radius 1 is 0.723 bits per heavy atom. The molecule has 0 heterocycles. The second kappa shape index (κ2) is 28.6. The maximum Gasteiger partial charge on any atom is 0.312 e. The monoisotopic (exact) mass is 909 g/mol. The Morgan fingerprint density at radius 2 is 1.29 bits per heavy atom. The number of carbonyl (C=O) groups is 7. The Hall–Kier alpha value is -5.31. The summed E-state index contributed by atoms with van der Waals surface area (Å²) in [6, 6.07) is 12.5. The van der Waals surface area contributed by atoms with Crippen molar-refractivity contribution in [2.24, 2.45) is 35.3 Å². The minimum atomic E-state index is -0.843. The van der Waals surface area contributed by atoms with Gasteiger partial charge in [-0.2, -0.15) is 0 Å². The van der Waals surface area contributed by atoms with Crippen LogP contribution in [0.1, 0.15) is 155 Å². The van der Waals surface area contributed by atoms with Crippen LogP contribution in [0.5, 0.6) is 0 Å². The normalized spacial score (nSPS) is 12.0. The number of nitrogens with two attached hydrogens (primary N) is 1. The first-order valence-electron chi connectivity index (χ1n) is 23.0. The zero-order valence-corrected chi connectivity index (χ0v) is 41.4. The lowest BCUT2D eigenvalue weighted by atomic mass is 9.84. The summed E-state index contributed by atoms with van der Waals surface area (Å²) in [6.07, 6.45) is 3.62. The molecule has 0 fully saturated rings. The lowest BCUT2D eigenvalue weighted by Crippen LogP contribution is -2.51. The number of ether oxygens (including phenoxy) is 2. The standard InChI is InChI=1S/C46H70N4O8.C4H10N2O/c1-29(2)25-36(26-30(3)4)41(53)34-15-17-35(18-16-34)42(54)50-45(9,10)23-24-58-46(11,12)22-21-38(51)49-40(31(5)6)43(55)47-27-39(52)48-37-19-13-33(14-20-37)28-57-44(56)32(7)8;1-2-3-6-4(5)7/h13-20,29-32,36,40H,21-28H2,1-12H3,(H,47,55)(H,48,52)(H,49,51)(H,50,54);2-3H2,1H3,(H3,5,6,7). The number of hydrogen-bond donors (Lipinski definition) is 6. The molecule has 0 radical (unpaired) electrons. The van der Waals surface area contributed by atoms with Gasteiger partial charge >= 0.3 is 12.0 Å². The van der Waals surface area contributed by atoms with E-state index >= 15 is 0 Å². The molecule has 0 spiro atoms. The number of urea groups is 1. The van der Waals surface area contributed by atoms with Gasteiger partial charge in [-0.1, -0.05) is 86.6 Å². The highest BCUT2D eigenvalue weighted by Gasteiger charge is 2.28. The van der Waals surface area contributed by atoms with Crippen LogP contribution < -0.4 is 32.3 Å². The SMILES string of the molecule is CC(C)CC(CC(C)C)C(=O)c1ccc(C(=O)NC(C)(C)CCOC(C)(C)CCC(=O)NC(C(=O)NCC(=O)Nc2ccc(COC(=O)C(C)C)cc2)C(C)C)cc1.CCCNC(N)=O. The van der Waals surface area contributed by atoms with Gasteiger partial charge < -0.3 is 41.8 Å². The lowest BCUT2D eigenvalue weighted by Gasteiger charge is -2.30. The maximum atomic E-state index is 13.3. The number of nitrogens with one attached hydrogen (secondary N) is 5. The summed E-state index contributed by atoms with van der Waals surface area (Å²) in [5.41, 5.74) is 5.87. The fraction of sp³-hybridized carbons (Fsp3) is 0.620. The number of ketones is 1. The summed E-state index contributed by atoms with van der Waals surface area (Å²) in [6.45, 7) is 26.1. The van der Waals surface area contributed by atoms with E-state index in [1.807, 2.05) is 48.5 Å². The number of Topliss-reactive ketones (excluding diaryl/α,β-unsaturated/α-hetero) is 1. The van der Waals surface area contributed by atoms with E-state index in [4.69, 9.17) is 15.2 Å². The molecule has 0 saturated heterocycles. The number of benzene rings is 2. The highest BCUT2D eigenvalue weighted by molar-refractivity contribution is 6.00. The molecule has 2 aromatic carbocycles. The molecular formula is C50H80N6O9. The van der Waals surface area contributed by atoms with Crippen molar-refractivity contribution in [2.45, 2.75) is 152 Å². The molecule has 15 nitrogen and oxygen atoms in total. The quantitative estimate of drug-likeness (QED) is 0.0401. The van der Waals surface area contributed by atoms with Crippen LogP contribution in [0.4, 0.5) is 10.5 Å². The van der Waals surface area contributed by atoms with E-state index in [0.717, 1.165) is 24.8 Å². The van der Waals surface area contributed by atoms with Gasteiger partial charge in [0.15, 0.2) is 5.78 Å². The molecule has 2 rings (SSSR count). The predicted octanol–water partition coefficient (Wildman–Crippen LogP) is 7.71. The first kappa shape index (κ1) is 57.7. The molecule has 1 unspecified atom stereocenters. The Morgan fingerprint density at radius 3 is 1.78 bits per heavy atom. The molecule has 7 N–H and O–H groups in total. The Balaban J connectivity index is 0.00000277. The van der Waals surface area contributed by atoms with Gasteiger partial charge in [0.2, 0.25) is 17.7 Å². The highest BCUT2D eigenvalue weighted by atomic mass is 16.5. The van der Waals surface area contributed by atoms with Crippen molar-refractivity contribution in [3.63, 3.8) is 0 Å². The molecule has 15 heteroatoms. The van der Waals surface area contributed by atoms with E-state index < -0.39 is 35.0 Å². The molecule has 0 bridgehead atoms. The minimum Gasteiger partial charge on any atom is -0.461 e. The minimum absolute atomic E-state index is 0.0402. The number of esters is 1.